The third-order valence-corrected chi connectivity index (χ3v) is 3.06. The van der Waals surface area contributed by atoms with Gasteiger partial charge in [-0.15, -0.1) is 0 Å². The summed E-state index contributed by atoms with van der Waals surface area (Å²) in [5, 5.41) is 3.21. The number of nitrogens with zero attached hydrogens (tertiary/aromatic N) is 2. The van der Waals surface area contributed by atoms with E-state index >= 15 is 0 Å². The minimum atomic E-state index is -0.587. The normalized spacial score (nSPS) is 11.1. The summed E-state index contributed by atoms with van der Waals surface area (Å²) >= 11 is 11.9. The molecule has 116 valence electrons. The molecule has 0 aliphatic carbocycles. The zero-order chi connectivity index (χ0) is 16.3. The van der Waals surface area contributed by atoms with E-state index in [0.29, 0.717) is 22.0 Å². The number of ether oxygens (including phenoxy) is 1. The molecule has 1 amide bonds. The number of anilines is 1. The molecule has 0 radical (unpaired) electrons. The number of hydrogen-bond acceptors (Lipinski definition) is 4. The number of rotatable bonds is 2. The second-order valence-corrected chi connectivity index (χ2v) is 6.27. The minimum Gasteiger partial charge on any atom is -0.444 e. The lowest BCUT2D eigenvalue weighted by Gasteiger charge is -2.20. The second kappa shape index (κ2) is 6.50. The SMILES string of the molecule is CC(C)(C)OC(=O)Nc1ccncc1-c1ccc(Cl)nc1Cl. The van der Waals surface area contributed by atoms with Crippen LogP contribution in [0.15, 0.2) is 30.6 Å². The molecule has 22 heavy (non-hydrogen) atoms. The Kier molecular flexibility index (Phi) is 4.88. The molecule has 1 N–H and O–H groups in total. The van der Waals surface area contributed by atoms with Crippen LogP contribution < -0.4 is 5.32 Å². The van der Waals surface area contributed by atoms with E-state index in [2.05, 4.69) is 15.3 Å². The first-order valence-corrected chi connectivity index (χ1v) is 7.28. The maximum absolute atomic E-state index is 11.9. The van der Waals surface area contributed by atoms with Gasteiger partial charge in [-0.1, -0.05) is 23.2 Å². The summed E-state index contributed by atoms with van der Waals surface area (Å²) in [7, 11) is 0. The molecule has 0 bridgehead atoms. The van der Waals surface area contributed by atoms with Gasteiger partial charge in [0.2, 0.25) is 0 Å². The molecule has 0 fully saturated rings. The highest BCUT2D eigenvalue weighted by molar-refractivity contribution is 6.34. The number of amides is 1. The van der Waals surface area contributed by atoms with Crippen molar-refractivity contribution >= 4 is 35.0 Å². The van der Waals surface area contributed by atoms with Crippen LogP contribution in [0.4, 0.5) is 10.5 Å². The first-order valence-electron chi connectivity index (χ1n) is 6.53. The second-order valence-electron chi connectivity index (χ2n) is 5.52. The lowest BCUT2D eigenvalue weighted by atomic mass is 10.1. The van der Waals surface area contributed by atoms with Gasteiger partial charge in [0.15, 0.2) is 0 Å². The Labute approximate surface area is 138 Å². The van der Waals surface area contributed by atoms with Crippen LogP contribution in [-0.4, -0.2) is 21.7 Å². The molecule has 2 aromatic heterocycles. The summed E-state index contributed by atoms with van der Waals surface area (Å²) in [6, 6.07) is 4.99. The summed E-state index contributed by atoms with van der Waals surface area (Å²) in [6.45, 7) is 5.38. The fourth-order valence-electron chi connectivity index (χ4n) is 1.74. The minimum absolute atomic E-state index is 0.229. The predicted octanol–water partition coefficient (Wildman–Crippen LogP) is 4.80. The van der Waals surface area contributed by atoms with Gasteiger partial charge in [-0.05, 0) is 39.0 Å². The number of pyridine rings is 2. The molecule has 0 unspecified atom stereocenters. The van der Waals surface area contributed by atoms with Gasteiger partial charge in [-0.2, -0.15) is 0 Å². The molecule has 7 heteroatoms. The van der Waals surface area contributed by atoms with Crippen LogP contribution in [-0.2, 0) is 4.74 Å². The molecule has 0 aromatic carbocycles. The van der Waals surface area contributed by atoms with Crippen LogP contribution in [0.5, 0.6) is 0 Å². The molecule has 5 nitrogen and oxygen atoms in total. The summed E-state index contributed by atoms with van der Waals surface area (Å²) < 4.78 is 5.24. The lowest BCUT2D eigenvalue weighted by molar-refractivity contribution is 0.0636. The average molecular weight is 340 g/mol. The van der Waals surface area contributed by atoms with E-state index in [1.165, 1.54) is 0 Å². The van der Waals surface area contributed by atoms with Crippen molar-refractivity contribution in [2.24, 2.45) is 0 Å². The molecule has 2 rings (SSSR count). The molecular formula is C15H15Cl2N3O2. The van der Waals surface area contributed by atoms with Crippen LogP contribution >= 0.6 is 23.2 Å². The molecule has 0 aliphatic rings. The fraction of sp³-hybridized carbons (Fsp3) is 0.267. The largest absolute Gasteiger partial charge is 0.444 e. The van der Waals surface area contributed by atoms with Crippen LogP contribution in [0, 0.1) is 0 Å². The zero-order valence-electron chi connectivity index (χ0n) is 12.4. The first kappa shape index (κ1) is 16.5. The van der Waals surface area contributed by atoms with E-state index in [0.717, 1.165) is 0 Å². The van der Waals surface area contributed by atoms with Gasteiger partial charge >= 0.3 is 6.09 Å². The van der Waals surface area contributed by atoms with Crippen molar-refractivity contribution < 1.29 is 9.53 Å². The van der Waals surface area contributed by atoms with Gasteiger partial charge in [0.1, 0.15) is 15.9 Å². The van der Waals surface area contributed by atoms with Gasteiger partial charge in [0, 0.05) is 23.5 Å². The summed E-state index contributed by atoms with van der Waals surface area (Å²) in [5.74, 6) is 0. The van der Waals surface area contributed by atoms with E-state index in [-0.39, 0.29) is 5.15 Å². The maximum atomic E-state index is 11.9. The molecule has 0 saturated heterocycles. The van der Waals surface area contributed by atoms with E-state index in [1.54, 1.807) is 51.4 Å². The Bertz CT molecular complexity index is 699. The fourth-order valence-corrected chi connectivity index (χ4v) is 2.19. The quantitative estimate of drug-likeness (QED) is 0.798. The zero-order valence-corrected chi connectivity index (χ0v) is 13.9. The Morgan fingerprint density at radius 2 is 1.91 bits per heavy atom. The number of halogens is 2. The molecular weight excluding hydrogens is 325 g/mol. The summed E-state index contributed by atoms with van der Waals surface area (Å²) in [5.41, 5.74) is 1.18. The number of nitrogens with one attached hydrogen (secondary N) is 1. The number of hydrogen-bond donors (Lipinski definition) is 1. The van der Waals surface area contributed by atoms with Gasteiger partial charge in [0.05, 0.1) is 5.69 Å². The molecule has 2 heterocycles. The van der Waals surface area contributed by atoms with Crippen LogP contribution in [0.3, 0.4) is 0 Å². The van der Waals surface area contributed by atoms with Crippen LogP contribution in [0.1, 0.15) is 20.8 Å². The van der Waals surface area contributed by atoms with Crippen molar-refractivity contribution in [2.75, 3.05) is 5.32 Å². The van der Waals surface area contributed by atoms with E-state index in [9.17, 15) is 4.79 Å². The number of aromatic nitrogens is 2. The third-order valence-electron chi connectivity index (χ3n) is 2.56. The summed E-state index contributed by atoms with van der Waals surface area (Å²) in [6.07, 6.45) is 2.59. The van der Waals surface area contributed by atoms with Crippen molar-refractivity contribution in [3.05, 3.63) is 40.9 Å². The van der Waals surface area contributed by atoms with Gasteiger partial charge < -0.3 is 4.74 Å². The van der Waals surface area contributed by atoms with E-state index < -0.39 is 11.7 Å². The molecule has 0 spiro atoms. The highest BCUT2D eigenvalue weighted by Crippen LogP contribution is 2.32. The topological polar surface area (TPSA) is 64.1 Å². The number of carbonyl (C=O) groups is 1. The van der Waals surface area contributed by atoms with Crippen molar-refractivity contribution in [1.82, 2.24) is 9.97 Å². The molecule has 2 aromatic rings. The van der Waals surface area contributed by atoms with Gasteiger partial charge in [-0.25, -0.2) is 9.78 Å². The van der Waals surface area contributed by atoms with Gasteiger partial charge in [0.25, 0.3) is 0 Å². The standard InChI is InChI=1S/C15H15Cl2N3O2/c1-15(2,3)22-14(21)19-11-6-7-18-8-10(11)9-4-5-12(16)20-13(9)17/h4-8H,1-3H3,(H,18,19,21). The predicted molar refractivity (Wildman–Crippen MR) is 87.3 cm³/mol. The highest BCUT2D eigenvalue weighted by atomic mass is 35.5. The van der Waals surface area contributed by atoms with Crippen molar-refractivity contribution in [3.63, 3.8) is 0 Å². The number of carbonyl (C=O) groups excluding carboxylic acids is 1. The third kappa shape index (κ3) is 4.32. The van der Waals surface area contributed by atoms with Gasteiger partial charge in [-0.3, -0.25) is 10.3 Å². The van der Waals surface area contributed by atoms with Crippen molar-refractivity contribution in [2.45, 2.75) is 26.4 Å². The highest BCUT2D eigenvalue weighted by Gasteiger charge is 2.18. The monoisotopic (exact) mass is 339 g/mol. The Morgan fingerprint density at radius 1 is 1.18 bits per heavy atom. The average Bonchev–Trinajstić information content (AvgIpc) is 2.37. The van der Waals surface area contributed by atoms with Crippen LogP contribution in [0.2, 0.25) is 10.3 Å². The Balaban J connectivity index is 2.33. The van der Waals surface area contributed by atoms with E-state index in [4.69, 9.17) is 27.9 Å². The first-order chi connectivity index (χ1) is 10.3. The smallest absolute Gasteiger partial charge is 0.412 e. The lowest BCUT2D eigenvalue weighted by Crippen LogP contribution is -2.27. The Morgan fingerprint density at radius 3 is 2.55 bits per heavy atom. The maximum Gasteiger partial charge on any atom is 0.412 e. The summed E-state index contributed by atoms with van der Waals surface area (Å²) in [4.78, 5) is 20.0. The Hall–Kier alpha value is -1.85. The van der Waals surface area contributed by atoms with E-state index in [1.807, 2.05) is 0 Å². The van der Waals surface area contributed by atoms with Crippen molar-refractivity contribution in [3.8, 4) is 11.1 Å². The molecule has 0 atom stereocenters. The van der Waals surface area contributed by atoms with Crippen LogP contribution in [0.25, 0.3) is 11.1 Å². The molecule has 0 saturated carbocycles. The van der Waals surface area contributed by atoms with Crippen molar-refractivity contribution in [1.29, 1.82) is 0 Å². The molecule has 0 aliphatic heterocycles.